The minimum absolute atomic E-state index is 0.0995. The first-order chi connectivity index (χ1) is 8.81. The third-order valence-electron chi connectivity index (χ3n) is 4.63. The lowest BCUT2D eigenvalue weighted by Gasteiger charge is -2.37. The number of Topliss-reactive ketones (excluding diaryl/α,β-unsaturated/α-hetero) is 1. The number of ketones is 1. The van der Waals surface area contributed by atoms with Gasteiger partial charge in [-0.1, -0.05) is 48.5 Å². The topological polar surface area (TPSA) is 46.5 Å². The molecular formula is C16H34O3Si. The van der Waals surface area contributed by atoms with E-state index in [1.165, 1.54) is 0 Å². The van der Waals surface area contributed by atoms with Crippen molar-refractivity contribution in [2.24, 2.45) is 17.8 Å². The van der Waals surface area contributed by atoms with E-state index in [-0.39, 0.29) is 28.6 Å². The molecule has 0 aliphatic rings. The first kappa shape index (κ1) is 19.8. The largest absolute Gasteiger partial charge is 0.416 e. The Balaban J connectivity index is 4.56. The monoisotopic (exact) mass is 302 g/mol. The number of aliphatic hydroxyl groups is 1. The zero-order chi connectivity index (χ0) is 16.3. The van der Waals surface area contributed by atoms with Gasteiger partial charge in [0.1, 0.15) is 5.78 Å². The molecule has 0 saturated heterocycles. The summed E-state index contributed by atoms with van der Waals surface area (Å²) >= 11 is 0. The Morgan fingerprint density at radius 1 is 1.15 bits per heavy atom. The summed E-state index contributed by atoms with van der Waals surface area (Å²) in [5.74, 6) is -0.284. The van der Waals surface area contributed by atoms with Crippen LogP contribution >= 0.6 is 0 Å². The van der Waals surface area contributed by atoms with Crippen LogP contribution in [0.1, 0.15) is 48.5 Å². The number of carbonyl (C=O) groups excluding carboxylic acids is 1. The molecule has 0 aromatic heterocycles. The fourth-order valence-corrected chi connectivity index (χ4v) is 2.93. The summed E-state index contributed by atoms with van der Waals surface area (Å²) < 4.78 is 6.10. The molecule has 0 radical (unpaired) electrons. The zero-order valence-corrected chi connectivity index (χ0v) is 15.8. The van der Waals surface area contributed by atoms with Gasteiger partial charge >= 0.3 is 0 Å². The Morgan fingerprint density at radius 2 is 1.60 bits per heavy atom. The summed E-state index contributed by atoms with van der Waals surface area (Å²) in [5.41, 5.74) is 0. The molecule has 0 bridgehead atoms. The first-order valence-corrected chi connectivity index (χ1v) is 10.6. The van der Waals surface area contributed by atoms with E-state index in [9.17, 15) is 9.90 Å². The molecule has 3 nitrogen and oxygen atoms in total. The first-order valence-electron chi connectivity index (χ1n) is 7.67. The van der Waals surface area contributed by atoms with E-state index in [2.05, 4.69) is 33.9 Å². The number of rotatable bonds is 7. The lowest BCUT2D eigenvalue weighted by atomic mass is 9.86. The van der Waals surface area contributed by atoms with E-state index < -0.39 is 14.4 Å². The van der Waals surface area contributed by atoms with Gasteiger partial charge in [0.2, 0.25) is 0 Å². The van der Waals surface area contributed by atoms with E-state index >= 15 is 0 Å². The summed E-state index contributed by atoms with van der Waals surface area (Å²) in [6, 6.07) is 0. The highest BCUT2D eigenvalue weighted by Crippen LogP contribution is 2.36. The highest BCUT2D eigenvalue weighted by atomic mass is 28.4. The molecular weight excluding hydrogens is 268 g/mol. The Morgan fingerprint density at radius 3 is 1.95 bits per heavy atom. The molecule has 0 amide bonds. The van der Waals surface area contributed by atoms with Gasteiger partial charge in [0.05, 0.1) is 6.10 Å². The fourth-order valence-electron chi connectivity index (χ4n) is 1.83. The second-order valence-electron chi connectivity index (χ2n) is 7.90. The molecule has 4 heteroatoms. The summed E-state index contributed by atoms with van der Waals surface area (Å²) in [5, 5.41) is 10.2. The van der Waals surface area contributed by atoms with Gasteiger partial charge in [0, 0.05) is 18.4 Å². The molecule has 0 aliphatic heterocycles. The average molecular weight is 303 g/mol. The number of aliphatic hydroxyl groups excluding tert-OH is 1. The van der Waals surface area contributed by atoms with Crippen LogP contribution in [0.25, 0.3) is 0 Å². The van der Waals surface area contributed by atoms with Gasteiger partial charge in [-0.2, -0.15) is 0 Å². The normalized spacial score (nSPS) is 17.9. The van der Waals surface area contributed by atoms with Crippen molar-refractivity contribution < 1.29 is 14.3 Å². The highest BCUT2D eigenvalue weighted by Gasteiger charge is 2.38. The van der Waals surface area contributed by atoms with Gasteiger partial charge < -0.3 is 9.53 Å². The molecule has 0 fully saturated rings. The minimum Gasteiger partial charge on any atom is -0.416 e. The quantitative estimate of drug-likeness (QED) is 0.726. The molecule has 0 rings (SSSR count). The molecule has 0 aromatic rings. The van der Waals surface area contributed by atoms with Gasteiger partial charge in [0.25, 0.3) is 0 Å². The molecule has 3 atom stereocenters. The van der Waals surface area contributed by atoms with Crippen molar-refractivity contribution in [3.63, 3.8) is 0 Å². The van der Waals surface area contributed by atoms with Gasteiger partial charge in [0.15, 0.2) is 8.32 Å². The molecule has 0 heterocycles. The molecule has 0 spiro atoms. The molecule has 0 aliphatic carbocycles. The minimum atomic E-state index is -1.81. The van der Waals surface area contributed by atoms with Gasteiger partial charge in [-0.05, 0) is 24.1 Å². The molecule has 1 N–H and O–H groups in total. The van der Waals surface area contributed by atoms with Crippen LogP contribution in [0, 0.1) is 17.8 Å². The average Bonchev–Trinajstić information content (AvgIpc) is 2.31. The van der Waals surface area contributed by atoms with Crippen molar-refractivity contribution in [3.8, 4) is 0 Å². The van der Waals surface area contributed by atoms with Crippen LogP contribution in [0.15, 0.2) is 0 Å². The lowest BCUT2D eigenvalue weighted by Crippen LogP contribution is -2.43. The van der Waals surface area contributed by atoms with Crippen molar-refractivity contribution in [2.75, 3.05) is 6.61 Å². The van der Waals surface area contributed by atoms with E-state index in [1.54, 1.807) is 0 Å². The predicted molar refractivity (Wildman–Crippen MR) is 87.3 cm³/mol. The van der Waals surface area contributed by atoms with E-state index in [0.29, 0.717) is 6.61 Å². The highest BCUT2D eigenvalue weighted by molar-refractivity contribution is 6.74. The summed E-state index contributed by atoms with van der Waals surface area (Å²) in [7, 11) is -1.81. The molecule has 0 saturated carbocycles. The van der Waals surface area contributed by atoms with Crippen LogP contribution in [0.3, 0.4) is 0 Å². The summed E-state index contributed by atoms with van der Waals surface area (Å²) in [6.45, 7) is 19.0. The predicted octanol–water partition coefficient (Wildman–Crippen LogP) is 3.87. The SMILES string of the molecule is CC(C)[C@H](O)[C@@H](C)C(=O)[C@@H](C)CO[Si](C)(C)C(C)(C)C. The fraction of sp³-hybridized carbons (Fsp3) is 0.938. The standard InChI is InChI=1S/C16H34O3Si/c1-11(2)14(17)13(4)15(18)12(3)10-19-20(8,9)16(5,6)7/h11-14,17H,10H2,1-9H3/t12-,13+,14-/m0/s1. The van der Waals surface area contributed by atoms with Crippen LogP contribution in [-0.2, 0) is 9.22 Å². The Labute approximate surface area is 126 Å². The Bertz CT molecular complexity index is 318. The van der Waals surface area contributed by atoms with Crippen LogP contribution in [-0.4, -0.2) is 31.9 Å². The summed E-state index contributed by atoms with van der Waals surface area (Å²) in [6.07, 6.45) is -0.571. The zero-order valence-electron chi connectivity index (χ0n) is 14.8. The molecule has 20 heavy (non-hydrogen) atoms. The number of carbonyl (C=O) groups is 1. The lowest BCUT2D eigenvalue weighted by molar-refractivity contribution is -0.131. The van der Waals surface area contributed by atoms with Crippen molar-refractivity contribution in [3.05, 3.63) is 0 Å². The number of hydrogen-bond donors (Lipinski definition) is 1. The maximum absolute atomic E-state index is 12.3. The molecule has 0 unspecified atom stereocenters. The van der Waals surface area contributed by atoms with Crippen molar-refractivity contribution in [2.45, 2.75) is 72.7 Å². The van der Waals surface area contributed by atoms with E-state index in [4.69, 9.17) is 4.43 Å². The van der Waals surface area contributed by atoms with Crippen LogP contribution in [0.5, 0.6) is 0 Å². The molecule has 120 valence electrons. The third-order valence-corrected chi connectivity index (χ3v) is 9.13. The Kier molecular flexibility index (Phi) is 7.12. The van der Waals surface area contributed by atoms with Crippen LogP contribution in [0.4, 0.5) is 0 Å². The van der Waals surface area contributed by atoms with Crippen molar-refractivity contribution >= 4 is 14.1 Å². The number of hydrogen-bond acceptors (Lipinski definition) is 3. The van der Waals surface area contributed by atoms with Crippen molar-refractivity contribution in [1.82, 2.24) is 0 Å². The smallest absolute Gasteiger partial charge is 0.192 e. The third kappa shape index (κ3) is 5.30. The summed E-state index contributed by atoms with van der Waals surface area (Å²) in [4.78, 5) is 12.3. The maximum atomic E-state index is 12.3. The second kappa shape index (κ2) is 7.19. The van der Waals surface area contributed by atoms with E-state index in [0.717, 1.165) is 0 Å². The van der Waals surface area contributed by atoms with Gasteiger partial charge in [-0.25, -0.2) is 0 Å². The van der Waals surface area contributed by atoms with Crippen molar-refractivity contribution in [1.29, 1.82) is 0 Å². The van der Waals surface area contributed by atoms with Crippen LogP contribution < -0.4 is 0 Å². The van der Waals surface area contributed by atoms with Gasteiger partial charge in [-0.3, -0.25) is 4.79 Å². The Hall–Kier alpha value is -0.193. The maximum Gasteiger partial charge on any atom is 0.192 e. The van der Waals surface area contributed by atoms with Crippen LogP contribution in [0.2, 0.25) is 18.1 Å². The second-order valence-corrected chi connectivity index (χ2v) is 12.7. The molecule has 0 aromatic carbocycles. The van der Waals surface area contributed by atoms with E-state index in [1.807, 2.05) is 27.7 Å². The van der Waals surface area contributed by atoms with Gasteiger partial charge in [-0.15, -0.1) is 0 Å².